The molecule has 1 fully saturated rings. The number of rotatable bonds is 12. The maximum absolute atomic E-state index is 13.6. The number of amides is 2. The number of nitrogens with zero attached hydrogens (tertiary/aromatic N) is 2. The summed E-state index contributed by atoms with van der Waals surface area (Å²) in [6.45, 7) is 2.19. The molecule has 1 saturated carbocycles. The highest BCUT2D eigenvalue weighted by molar-refractivity contribution is 7.92. The lowest BCUT2D eigenvalue weighted by molar-refractivity contribution is -0.141. The minimum absolute atomic E-state index is 0.0737. The third-order valence-electron chi connectivity index (χ3n) is 6.88. The van der Waals surface area contributed by atoms with Gasteiger partial charge in [0.1, 0.15) is 6.04 Å². The topological polar surface area (TPSA) is 86.8 Å². The number of carbonyl (C=O) groups excluding carboxylic acids is 2. The van der Waals surface area contributed by atoms with Crippen LogP contribution in [-0.2, 0) is 26.2 Å². The van der Waals surface area contributed by atoms with Crippen molar-refractivity contribution in [3.8, 4) is 0 Å². The second kappa shape index (κ2) is 14.2. The van der Waals surface area contributed by atoms with Crippen molar-refractivity contribution in [1.82, 2.24) is 10.2 Å². The molecule has 1 atom stereocenters. The van der Waals surface area contributed by atoms with Crippen molar-refractivity contribution in [2.75, 3.05) is 17.1 Å². The molecule has 7 nitrogen and oxygen atoms in total. The summed E-state index contributed by atoms with van der Waals surface area (Å²) in [7, 11) is -3.59. The molecular weight excluding hydrogens is 545 g/mol. The Morgan fingerprint density at radius 2 is 1.76 bits per heavy atom. The Morgan fingerprint density at radius 3 is 2.39 bits per heavy atom. The number of sulfonamides is 1. The van der Waals surface area contributed by atoms with Crippen molar-refractivity contribution in [3.05, 3.63) is 64.1 Å². The van der Waals surface area contributed by atoms with Gasteiger partial charge in [0.2, 0.25) is 21.8 Å². The van der Waals surface area contributed by atoms with Crippen LogP contribution < -0.4 is 9.62 Å². The molecule has 1 aliphatic rings. The van der Waals surface area contributed by atoms with E-state index in [1.165, 1.54) is 10.7 Å². The molecule has 208 valence electrons. The van der Waals surface area contributed by atoms with Crippen LogP contribution in [0.1, 0.15) is 63.9 Å². The average molecular weight is 583 g/mol. The molecule has 0 heterocycles. The molecule has 1 aliphatic carbocycles. The van der Waals surface area contributed by atoms with Gasteiger partial charge in [-0.1, -0.05) is 73.7 Å². The predicted octanol–water partition coefficient (Wildman–Crippen LogP) is 5.80. The van der Waals surface area contributed by atoms with Crippen molar-refractivity contribution < 1.29 is 18.0 Å². The van der Waals surface area contributed by atoms with E-state index >= 15 is 0 Å². The number of anilines is 1. The molecule has 38 heavy (non-hydrogen) atoms. The number of carbonyl (C=O) groups is 2. The zero-order valence-electron chi connectivity index (χ0n) is 22.0. The standard InChI is InChI=1S/C28H37Cl2N3O4S/c1-3-26(28(35)31-23-13-5-4-6-14-23)32(20-21-11-7-8-16-25(21)30)27(34)17-10-18-33(38(2,36)37)24-15-9-12-22(29)19-24/h7-9,11-12,15-16,19,23,26H,3-6,10,13-14,17-18,20H2,1-2H3,(H,31,35)/t26-/m1/s1. The molecule has 0 spiro atoms. The molecule has 2 aromatic carbocycles. The van der Waals surface area contributed by atoms with E-state index < -0.39 is 16.1 Å². The summed E-state index contributed by atoms with van der Waals surface area (Å²) >= 11 is 12.5. The Kier molecular flexibility index (Phi) is 11.3. The third kappa shape index (κ3) is 8.61. The predicted molar refractivity (Wildman–Crippen MR) is 154 cm³/mol. The first-order chi connectivity index (χ1) is 18.1. The molecule has 0 aliphatic heterocycles. The maximum atomic E-state index is 13.6. The van der Waals surface area contributed by atoms with Gasteiger partial charge in [-0.25, -0.2) is 8.42 Å². The molecule has 0 unspecified atom stereocenters. The van der Waals surface area contributed by atoms with Crippen molar-refractivity contribution in [3.63, 3.8) is 0 Å². The van der Waals surface area contributed by atoms with Gasteiger partial charge in [0.05, 0.1) is 11.9 Å². The van der Waals surface area contributed by atoms with E-state index in [2.05, 4.69) is 5.32 Å². The highest BCUT2D eigenvalue weighted by Crippen LogP contribution is 2.24. The quantitative estimate of drug-likeness (QED) is 0.343. The van der Waals surface area contributed by atoms with Crippen molar-refractivity contribution in [1.29, 1.82) is 0 Å². The lowest BCUT2D eigenvalue weighted by Crippen LogP contribution is -2.51. The molecule has 0 saturated heterocycles. The molecule has 2 aromatic rings. The lowest BCUT2D eigenvalue weighted by atomic mass is 9.95. The van der Waals surface area contributed by atoms with Crippen LogP contribution in [0.3, 0.4) is 0 Å². The van der Waals surface area contributed by atoms with Gasteiger partial charge < -0.3 is 10.2 Å². The Morgan fingerprint density at radius 1 is 1.05 bits per heavy atom. The fraction of sp³-hybridized carbons (Fsp3) is 0.500. The Hall–Kier alpha value is -2.29. The van der Waals surface area contributed by atoms with Crippen LogP contribution in [0.15, 0.2) is 48.5 Å². The summed E-state index contributed by atoms with van der Waals surface area (Å²) < 4.78 is 26.2. The summed E-state index contributed by atoms with van der Waals surface area (Å²) in [5.41, 5.74) is 1.20. The highest BCUT2D eigenvalue weighted by atomic mass is 35.5. The maximum Gasteiger partial charge on any atom is 0.243 e. The normalized spacial score (nSPS) is 15.1. The first kappa shape index (κ1) is 30.3. The zero-order chi connectivity index (χ0) is 27.7. The van der Waals surface area contributed by atoms with Crippen LogP contribution in [0.4, 0.5) is 5.69 Å². The molecule has 0 bridgehead atoms. The van der Waals surface area contributed by atoms with Gasteiger partial charge in [-0.05, 0) is 55.5 Å². The molecule has 3 rings (SSSR count). The van der Waals surface area contributed by atoms with Gasteiger partial charge in [-0.2, -0.15) is 0 Å². The second-order valence-electron chi connectivity index (χ2n) is 9.80. The number of nitrogens with one attached hydrogen (secondary N) is 1. The SMILES string of the molecule is CC[C@H](C(=O)NC1CCCCC1)N(Cc1ccccc1Cl)C(=O)CCCN(c1cccc(Cl)c1)S(C)(=O)=O. The van der Waals surface area contributed by atoms with Crippen LogP contribution in [0, 0.1) is 0 Å². The summed E-state index contributed by atoms with van der Waals surface area (Å²) in [6.07, 6.45) is 7.19. The summed E-state index contributed by atoms with van der Waals surface area (Å²) in [6, 6.07) is 13.4. The van der Waals surface area contributed by atoms with Gasteiger partial charge >= 0.3 is 0 Å². The number of hydrogen-bond donors (Lipinski definition) is 1. The minimum atomic E-state index is -3.59. The lowest BCUT2D eigenvalue weighted by Gasteiger charge is -2.33. The number of benzene rings is 2. The summed E-state index contributed by atoms with van der Waals surface area (Å²) in [5.74, 6) is -0.383. The number of halogens is 2. The smallest absolute Gasteiger partial charge is 0.243 e. The monoisotopic (exact) mass is 581 g/mol. The Bertz CT molecular complexity index is 1200. The van der Waals surface area contributed by atoms with Gasteiger partial charge in [-0.15, -0.1) is 0 Å². The van der Waals surface area contributed by atoms with Gasteiger partial charge in [0, 0.05) is 35.6 Å². The van der Waals surface area contributed by atoms with E-state index in [4.69, 9.17) is 23.2 Å². The molecule has 1 N–H and O–H groups in total. The third-order valence-corrected chi connectivity index (χ3v) is 8.68. The van der Waals surface area contributed by atoms with Crippen molar-refractivity contribution >= 4 is 50.7 Å². The average Bonchev–Trinajstić information content (AvgIpc) is 2.87. The van der Waals surface area contributed by atoms with Gasteiger partial charge in [0.15, 0.2) is 0 Å². The highest BCUT2D eigenvalue weighted by Gasteiger charge is 2.30. The molecule has 0 radical (unpaired) electrons. The van der Waals surface area contributed by atoms with Crippen LogP contribution in [0.2, 0.25) is 10.0 Å². The second-order valence-corrected chi connectivity index (χ2v) is 12.5. The zero-order valence-corrected chi connectivity index (χ0v) is 24.4. The van der Waals surface area contributed by atoms with Gasteiger partial charge in [-0.3, -0.25) is 13.9 Å². The van der Waals surface area contributed by atoms with E-state index in [1.807, 2.05) is 25.1 Å². The summed E-state index contributed by atoms with van der Waals surface area (Å²) in [4.78, 5) is 28.5. The van der Waals surface area contributed by atoms with E-state index in [1.54, 1.807) is 35.2 Å². The first-order valence-electron chi connectivity index (χ1n) is 13.2. The van der Waals surface area contributed by atoms with Crippen LogP contribution in [0.5, 0.6) is 0 Å². The summed E-state index contributed by atoms with van der Waals surface area (Å²) in [5, 5.41) is 4.11. The van der Waals surface area contributed by atoms with E-state index in [0.717, 1.165) is 37.5 Å². The minimum Gasteiger partial charge on any atom is -0.352 e. The molecule has 2 amide bonds. The van der Waals surface area contributed by atoms with Crippen LogP contribution in [-0.4, -0.2) is 50.0 Å². The number of hydrogen-bond acceptors (Lipinski definition) is 4. The Balaban J connectivity index is 1.76. The van der Waals surface area contributed by atoms with Gasteiger partial charge in [0.25, 0.3) is 0 Å². The molecule has 0 aromatic heterocycles. The van der Waals surface area contributed by atoms with E-state index in [9.17, 15) is 18.0 Å². The van der Waals surface area contributed by atoms with Crippen molar-refractivity contribution in [2.24, 2.45) is 0 Å². The largest absolute Gasteiger partial charge is 0.352 e. The van der Waals surface area contributed by atoms with Crippen LogP contribution >= 0.6 is 23.2 Å². The fourth-order valence-electron chi connectivity index (χ4n) is 4.91. The van der Waals surface area contributed by atoms with Crippen molar-refractivity contribution in [2.45, 2.75) is 76.9 Å². The molecular formula is C28H37Cl2N3O4S. The van der Waals surface area contributed by atoms with E-state index in [0.29, 0.717) is 22.2 Å². The fourth-order valence-corrected chi connectivity index (χ4v) is 6.25. The molecule has 10 heteroatoms. The van der Waals surface area contributed by atoms with E-state index in [-0.39, 0.29) is 43.8 Å². The first-order valence-corrected chi connectivity index (χ1v) is 15.8. The van der Waals surface area contributed by atoms with Crippen LogP contribution in [0.25, 0.3) is 0 Å². The Labute approximate surface area is 236 Å².